The highest BCUT2D eigenvalue weighted by Gasteiger charge is 2.12. The van der Waals surface area contributed by atoms with E-state index in [4.69, 9.17) is 5.73 Å². The van der Waals surface area contributed by atoms with Crippen LogP contribution in [0.2, 0.25) is 0 Å². The molecule has 0 amide bonds. The highest BCUT2D eigenvalue weighted by molar-refractivity contribution is 5.90. The van der Waals surface area contributed by atoms with Crippen LogP contribution >= 0.6 is 0 Å². The number of hydrogen-bond donors (Lipinski definition) is 2. The van der Waals surface area contributed by atoms with Crippen molar-refractivity contribution in [2.75, 3.05) is 5.32 Å². The van der Waals surface area contributed by atoms with Gasteiger partial charge in [-0.3, -0.25) is 5.32 Å². The fourth-order valence-corrected chi connectivity index (χ4v) is 2.22. The summed E-state index contributed by atoms with van der Waals surface area (Å²) in [6, 6.07) is 10.4. The highest BCUT2D eigenvalue weighted by Crippen LogP contribution is 2.22. The van der Waals surface area contributed by atoms with Crippen LogP contribution in [0.1, 0.15) is 43.3 Å². The van der Waals surface area contributed by atoms with E-state index in [0.717, 1.165) is 17.0 Å². The summed E-state index contributed by atoms with van der Waals surface area (Å²) in [6.07, 6.45) is 0. The Hall–Kier alpha value is -2.43. The standard InChI is InChI=1S/C18H25N5/c1-12-10-13(2)22-17(21-12)23-16(19)20-11-14-6-8-15(9-7-14)18(3,4)5/h6-10H,11H2,1-5H3,(H3,19,20,21,22,23). The summed E-state index contributed by atoms with van der Waals surface area (Å²) in [5.74, 6) is 0.793. The van der Waals surface area contributed by atoms with Gasteiger partial charge in [0.05, 0.1) is 6.54 Å². The van der Waals surface area contributed by atoms with Gasteiger partial charge in [0.15, 0.2) is 5.96 Å². The highest BCUT2D eigenvalue weighted by atomic mass is 15.2. The fraction of sp³-hybridized carbons (Fsp3) is 0.389. The summed E-state index contributed by atoms with van der Waals surface area (Å²) in [4.78, 5) is 12.9. The van der Waals surface area contributed by atoms with Gasteiger partial charge in [-0.15, -0.1) is 0 Å². The van der Waals surface area contributed by atoms with Crippen molar-refractivity contribution in [3.05, 3.63) is 52.8 Å². The average molecular weight is 311 g/mol. The molecule has 5 nitrogen and oxygen atoms in total. The molecule has 23 heavy (non-hydrogen) atoms. The first-order chi connectivity index (χ1) is 10.7. The minimum Gasteiger partial charge on any atom is -0.370 e. The lowest BCUT2D eigenvalue weighted by atomic mass is 9.87. The van der Waals surface area contributed by atoms with Crippen LogP contribution in [0, 0.1) is 13.8 Å². The maximum Gasteiger partial charge on any atom is 0.229 e. The molecule has 0 aliphatic rings. The summed E-state index contributed by atoms with van der Waals surface area (Å²) in [6.45, 7) is 11.0. The van der Waals surface area contributed by atoms with Crippen molar-refractivity contribution in [3.63, 3.8) is 0 Å². The second-order valence-corrected chi connectivity index (χ2v) is 6.75. The minimum atomic E-state index is 0.156. The van der Waals surface area contributed by atoms with Crippen molar-refractivity contribution < 1.29 is 0 Å². The van der Waals surface area contributed by atoms with E-state index in [0.29, 0.717) is 18.5 Å². The second-order valence-electron chi connectivity index (χ2n) is 6.75. The molecule has 1 heterocycles. The number of guanidine groups is 1. The molecule has 0 atom stereocenters. The number of benzene rings is 1. The van der Waals surface area contributed by atoms with E-state index in [-0.39, 0.29) is 5.41 Å². The lowest BCUT2D eigenvalue weighted by Crippen LogP contribution is -2.24. The van der Waals surface area contributed by atoms with Crippen molar-refractivity contribution in [3.8, 4) is 0 Å². The van der Waals surface area contributed by atoms with Crippen molar-refractivity contribution >= 4 is 11.9 Å². The minimum absolute atomic E-state index is 0.156. The normalized spacial score (nSPS) is 12.3. The van der Waals surface area contributed by atoms with Crippen LogP contribution in [0.25, 0.3) is 0 Å². The monoisotopic (exact) mass is 311 g/mol. The topological polar surface area (TPSA) is 76.2 Å². The molecule has 0 aliphatic heterocycles. The van der Waals surface area contributed by atoms with Crippen LogP contribution in [-0.4, -0.2) is 15.9 Å². The first-order valence-corrected chi connectivity index (χ1v) is 7.73. The smallest absolute Gasteiger partial charge is 0.229 e. The van der Waals surface area contributed by atoms with Gasteiger partial charge in [0.25, 0.3) is 0 Å². The molecule has 0 saturated heterocycles. The maximum atomic E-state index is 5.91. The molecule has 2 aromatic rings. The number of aryl methyl sites for hydroxylation is 2. The van der Waals surface area contributed by atoms with E-state index in [9.17, 15) is 0 Å². The zero-order valence-electron chi connectivity index (χ0n) is 14.5. The van der Waals surface area contributed by atoms with E-state index in [1.807, 2.05) is 19.9 Å². The summed E-state index contributed by atoms with van der Waals surface area (Å²) >= 11 is 0. The Kier molecular flexibility index (Phi) is 4.98. The van der Waals surface area contributed by atoms with E-state index >= 15 is 0 Å². The Balaban J connectivity index is 2.01. The number of anilines is 1. The first kappa shape index (κ1) is 16.9. The Morgan fingerprint density at radius 2 is 1.65 bits per heavy atom. The lowest BCUT2D eigenvalue weighted by molar-refractivity contribution is 0.590. The molecule has 0 unspecified atom stereocenters. The van der Waals surface area contributed by atoms with Gasteiger partial charge in [0, 0.05) is 11.4 Å². The first-order valence-electron chi connectivity index (χ1n) is 7.73. The molecule has 0 aliphatic carbocycles. The molecule has 0 bridgehead atoms. The zero-order valence-corrected chi connectivity index (χ0v) is 14.5. The third-order valence-corrected chi connectivity index (χ3v) is 3.47. The largest absolute Gasteiger partial charge is 0.370 e. The molecule has 5 heteroatoms. The van der Waals surface area contributed by atoms with Crippen LogP contribution in [0.5, 0.6) is 0 Å². The van der Waals surface area contributed by atoms with E-state index in [2.05, 4.69) is 65.3 Å². The Labute approximate surface area is 138 Å². The quantitative estimate of drug-likeness (QED) is 0.673. The van der Waals surface area contributed by atoms with Crippen LogP contribution in [0.3, 0.4) is 0 Å². The van der Waals surface area contributed by atoms with Gasteiger partial charge in [-0.1, -0.05) is 45.0 Å². The summed E-state index contributed by atoms with van der Waals surface area (Å²) < 4.78 is 0. The Bertz CT molecular complexity index is 676. The molecule has 0 saturated carbocycles. The van der Waals surface area contributed by atoms with Crippen LogP contribution in [-0.2, 0) is 12.0 Å². The molecule has 3 N–H and O–H groups in total. The van der Waals surface area contributed by atoms with Gasteiger partial charge in [0.2, 0.25) is 5.95 Å². The summed E-state index contributed by atoms with van der Waals surface area (Å²) in [5, 5.41) is 2.93. The van der Waals surface area contributed by atoms with Gasteiger partial charge in [-0.05, 0) is 36.5 Å². The predicted molar refractivity (Wildman–Crippen MR) is 95.6 cm³/mol. The third-order valence-electron chi connectivity index (χ3n) is 3.47. The number of aromatic nitrogens is 2. The molecular weight excluding hydrogens is 286 g/mol. The number of nitrogens with zero attached hydrogens (tertiary/aromatic N) is 3. The van der Waals surface area contributed by atoms with Gasteiger partial charge < -0.3 is 5.73 Å². The Morgan fingerprint density at radius 3 is 2.17 bits per heavy atom. The van der Waals surface area contributed by atoms with Crippen LogP contribution in [0.4, 0.5) is 5.95 Å². The van der Waals surface area contributed by atoms with E-state index in [1.165, 1.54) is 5.56 Å². The summed E-state index contributed by atoms with van der Waals surface area (Å²) in [7, 11) is 0. The maximum absolute atomic E-state index is 5.91. The number of nitrogens with one attached hydrogen (secondary N) is 1. The Morgan fingerprint density at radius 1 is 1.09 bits per heavy atom. The molecule has 0 fully saturated rings. The molecular formula is C18H25N5. The third kappa shape index (κ3) is 5.06. The van der Waals surface area contributed by atoms with Gasteiger partial charge in [0.1, 0.15) is 0 Å². The van der Waals surface area contributed by atoms with Crippen molar-refractivity contribution in [1.82, 2.24) is 9.97 Å². The number of hydrogen-bond acceptors (Lipinski definition) is 3. The van der Waals surface area contributed by atoms with E-state index in [1.54, 1.807) is 0 Å². The SMILES string of the molecule is Cc1cc(C)nc(NC(N)=NCc2ccc(C(C)(C)C)cc2)n1. The van der Waals surface area contributed by atoms with E-state index < -0.39 is 0 Å². The molecule has 0 spiro atoms. The van der Waals surface area contributed by atoms with Crippen molar-refractivity contribution in [2.45, 2.75) is 46.6 Å². The molecule has 1 aromatic heterocycles. The average Bonchev–Trinajstić information content (AvgIpc) is 2.43. The number of aliphatic imine (C=N–C) groups is 1. The molecule has 0 radical (unpaired) electrons. The molecule has 2 rings (SSSR count). The lowest BCUT2D eigenvalue weighted by Gasteiger charge is -2.18. The zero-order chi connectivity index (χ0) is 17.0. The van der Waals surface area contributed by atoms with Crippen molar-refractivity contribution in [2.24, 2.45) is 10.7 Å². The molecule has 1 aromatic carbocycles. The predicted octanol–water partition coefficient (Wildman–Crippen LogP) is 3.32. The van der Waals surface area contributed by atoms with Gasteiger partial charge in [-0.2, -0.15) is 0 Å². The van der Waals surface area contributed by atoms with Gasteiger partial charge >= 0.3 is 0 Å². The molecule has 122 valence electrons. The number of nitrogens with two attached hydrogens (primary N) is 1. The van der Waals surface area contributed by atoms with Crippen LogP contribution in [0.15, 0.2) is 35.3 Å². The fourth-order valence-electron chi connectivity index (χ4n) is 2.22. The number of rotatable bonds is 3. The van der Waals surface area contributed by atoms with Crippen molar-refractivity contribution in [1.29, 1.82) is 0 Å². The van der Waals surface area contributed by atoms with Gasteiger partial charge in [-0.25, -0.2) is 15.0 Å². The second kappa shape index (κ2) is 6.77. The summed E-state index contributed by atoms with van der Waals surface area (Å²) in [5.41, 5.74) is 10.3. The van der Waals surface area contributed by atoms with Crippen LogP contribution < -0.4 is 11.1 Å².